The summed E-state index contributed by atoms with van der Waals surface area (Å²) in [6.45, 7) is 0.613. The number of benzene rings is 1. The van der Waals surface area contributed by atoms with Gasteiger partial charge in [-0.05, 0) is 29.7 Å². The molecule has 0 radical (unpaired) electrons. The van der Waals surface area contributed by atoms with Crippen LogP contribution in [0, 0.1) is 0 Å². The van der Waals surface area contributed by atoms with Crippen LogP contribution < -0.4 is 5.32 Å². The number of aromatic amines is 1. The van der Waals surface area contributed by atoms with E-state index in [4.69, 9.17) is 0 Å². The molecule has 3 rings (SSSR count). The lowest BCUT2D eigenvalue weighted by atomic mass is 10.1. The van der Waals surface area contributed by atoms with Gasteiger partial charge in [0.05, 0.1) is 12.2 Å². The summed E-state index contributed by atoms with van der Waals surface area (Å²) < 4.78 is 0. The van der Waals surface area contributed by atoms with Gasteiger partial charge in [0.15, 0.2) is 0 Å². The van der Waals surface area contributed by atoms with Gasteiger partial charge in [-0.2, -0.15) is 5.10 Å². The van der Waals surface area contributed by atoms with E-state index in [9.17, 15) is 5.11 Å². The smallest absolute Gasteiger partial charge is 0.134 e. The SMILES string of the molecule is Oc1ccc2ccnc(NCc3ccn[nH]3)c2c1. The molecule has 5 heteroatoms. The zero-order valence-corrected chi connectivity index (χ0v) is 9.59. The molecule has 0 bridgehead atoms. The predicted molar refractivity (Wildman–Crippen MR) is 69.3 cm³/mol. The number of nitrogens with one attached hydrogen (secondary N) is 2. The Hall–Kier alpha value is -2.56. The summed E-state index contributed by atoms with van der Waals surface area (Å²) in [7, 11) is 0. The van der Waals surface area contributed by atoms with E-state index in [1.54, 1.807) is 24.5 Å². The fourth-order valence-corrected chi connectivity index (χ4v) is 1.86. The van der Waals surface area contributed by atoms with E-state index in [0.29, 0.717) is 6.54 Å². The van der Waals surface area contributed by atoms with Gasteiger partial charge < -0.3 is 10.4 Å². The van der Waals surface area contributed by atoms with Gasteiger partial charge in [0, 0.05) is 17.8 Å². The number of rotatable bonds is 3. The number of aromatic nitrogens is 3. The Balaban J connectivity index is 1.93. The first kappa shape index (κ1) is 10.6. The van der Waals surface area contributed by atoms with Crippen LogP contribution in [0.15, 0.2) is 42.7 Å². The van der Waals surface area contributed by atoms with Crippen molar-refractivity contribution in [3.63, 3.8) is 0 Å². The maximum absolute atomic E-state index is 9.54. The molecule has 2 aromatic heterocycles. The van der Waals surface area contributed by atoms with Crippen molar-refractivity contribution in [2.75, 3.05) is 5.32 Å². The zero-order valence-electron chi connectivity index (χ0n) is 9.59. The lowest BCUT2D eigenvalue weighted by Gasteiger charge is -2.07. The second-order valence-corrected chi connectivity index (χ2v) is 4.00. The van der Waals surface area contributed by atoms with Crippen LogP contribution in [0.3, 0.4) is 0 Å². The number of H-pyrrole nitrogens is 1. The van der Waals surface area contributed by atoms with Crippen molar-refractivity contribution >= 4 is 16.6 Å². The average Bonchev–Trinajstić information content (AvgIpc) is 2.89. The summed E-state index contributed by atoms with van der Waals surface area (Å²) in [5.74, 6) is 0.984. The molecule has 0 aliphatic heterocycles. The van der Waals surface area contributed by atoms with Crippen molar-refractivity contribution < 1.29 is 5.11 Å². The number of phenolic OH excluding ortho intramolecular Hbond substituents is 1. The van der Waals surface area contributed by atoms with Gasteiger partial charge >= 0.3 is 0 Å². The number of pyridine rings is 1. The zero-order chi connectivity index (χ0) is 12.4. The lowest BCUT2D eigenvalue weighted by Crippen LogP contribution is -2.02. The van der Waals surface area contributed by atoms with Crippen molar-refractivity contribution in [3.8, 4) is 5.75 Å². The maximum Gasteiger partial charge on any atom is 0.134 e. The molecule has 0 spiro atoms. The fourth-order valence-electron chi connectivity index (χ4n) is 1.86. The van der Waals surface area contributed by atoms with Crippen LogP contribution in [0.4, 0.5) is 5.82 Å². The van der Waals surface area contributed by atoms with E-state index in [-0.39, 0.29) is 5.75 Å². The summed E-state index contributed by atoms with van der Waals surface area (Å²) in [6.07, 6.45) is 3.45. The van der Waals surface area contributed by atoms with Crippen LogP contribution in [0.1, 0.15) is 5.69 Å². The van der Waals surface area contributed by atoms with Crippen molar-refractivity contribution in [2.24, 2.45) is 0 Å². The van der Waals surface area contributed by atoms with Gasteiger partial charge in [0.1, 0.15) is 11.6 Å². The molecule has 18 heavy (non-hydrogen) atoms. The van der Waals surface area contributed by atoms with E-state index in [1.165, 1.54) is 0 Å². The van der Waals surface area contributed by atoms with E-state index >= 15 is 0 Å². The Morgan fingerprint density at radius 3 is 2.94 bits per heavy atom. The molecule has 0 unspecified atom stereocenters. The monoisotopic (exact) mass is 240 g/mol. The number of anilines is 1. The minimum Gasteiger partial charge on any atom is -0.508 e. The molecular weight excluding hydrogens is 228 g/mol. The van der Waals surface area contributed by atoms with Crippen LogP contribution in [-0.4, -0.2) is 20.3 Å². The molecule has 0 aliphatic carbocycles. The van der Waals surface area contributed by atoms with E-state index in [1.807, 2.05) is 18.2 Å². The first-order valence-electron chi connectivity index (χ1n) is 5.63. The first-order chi connectivity index (χ1) is 8.83. The third-order valence-corrected chi connectivity index (χ3v) is 2.75. The quantitative estimate of drug-likeness (QED) is 0.656. The highest BCUT2D eigenvalue weighted by Crippen LogP contribution is 2.25. The summed E-state index contributed by atoms with van der Waals surface area (Å²) in [5.41, 5.74) is 0.981. The van der Waals surface area contributed by atoms with Crippen LogP contribution in [-0.2, 0) is 6.54 Å². The topological polar surface area (TPSA) is 73.8 Å². The third kappa shape index (κ3) is 1.98. The minimum absolute atomic E-state index is 0.236. The number of nitrogens with zero attached hydrogens (tertiary/aromatic N) is 2. The van der Waals surface area contributed by atoms with E-state index in [0.717, 1.165) is 22.3 Å². The summed E-state index contributed by atoms with van der Waals surface area (Å²) >= 11 is 0. The Kier molecular flexibility index (Phi) is 2.57. The molecule has 5 nitrogen and oxygen atoms in total. The molecule has 0 saturated heterocycles. The molecule has 2 heterocycles. The fraction of sp³-hybridized carbons (Fsp3) is 0.0769. The predicted octanol–water partition coefficient (Wildman–Crippen LogP) is 2.28. The molecular formula is C13H12N4O. The second-order valence-electron chi connectivity index (χ2n) is 4.00. The Bertz CT molecular complexity index is 664. The number of phenols is 1. The number of aromatic hydroxyl groups is 1. The molecule has 1 aromatic carbocycles. The largest absolute Gasteiger partial charge is 0.508 e. The Labute approximate surface area is 103 Å². The van der Waals surface area contributed by atoms with Crippen LogP contribution in [0.5, 0.6) is 5.75 Å². The molecule has 3 N–H and O–H groups in total. The van der Waals surface area contributed by atoms with Crippen molar-refractivity contribution in [2.45, 2.75) is 6.54 Å². The van der Waals surface area contributed by atoms with Crippen molar-refractivity contribution in [1.82, 2.24) is 15.2 Å². The summed E-state index contributed by atoms with van der Waals surface area (Å²) in [6, 6.07) is 9.05. The third-order valence-electron chi connectivity index (χ3n) is 2.75. The second kappa shape index (κ2) is 4.37. The summed E-state index contributed by atoms with van der Waals surface area (Å²) in [4.78, 5) is 4.29. The lowest BCUT2D eigenvalue weighted by molar-refractivity contribution is 0.476. The van der Waals surface area contributed by atoms with Gasteiger partial charge in [-0.1, -0.05) is 6.07 Å². The average molecular weight is 240 g/mol. The Morgan fingerprint density at radius 2 is 2.11 bits per heavy atom. The van der Waals surface area contributed by atoms with Gasteiger partial charge in [-0.25, -0.2) is 4.98 Å². The standard InChI is InChI=1S/C13H12N4O/c18-11-2-1-9-3-5-14-13(12(9)7-11)15-8-10-4-6-16-17-10/h1-7,18H,8H2,(H,14,15)(H,16,17). The molecule has 3 aromatic rings. The van der Waals surface area contributed by atoms with Crippen LogP contribution >= 0.6 is 0 Å². The highest BCUT2D eigenvalue weighted by molar-refractivity contribution is 5.92. The van der Waals surface area contributed by atoms with Crippen LogP contribution in [0.2, 0.25) is 0 Å². The van der Waals surface area contributed by atoms with E-state index < -0.39 is 0 Å². The van der Waals surface area contributed by atoms with E-state index in [2.05, 4.69) is 20.5 Å². The highest BCUT2D eigenvalue weighted by Gasteiger charge is 2.03. The Morgan fingerprint density at radius 1 is 1.17 bits per heavy atom. The van der Waals surface area contributed by atoms with Gasteiger partial charge in [0.25, 0.3) is 0 Å². The highest BCUT2D eigenvalue weighted by atomic mass is 16.3. The molecule has 0 fully saturated rings. The number of hydrogen-bond donors (Lipinski definition) is 3. The number of fused-ring (bicyclic) bond motifs is 1. The molecule has 0 saturated carbocycles. The van der Waals surface area contributed by atoms with Gasteiger partial charge in [-0.15, -0.1) is 0 Å². The molecule has 0 amide bonds. The van der Waals surface area contributed by atoms with Gasteiger partial charge in [-0.3, -0.25) is 5.10 Å². The van der Waals surface area contributed by atoms with Crippen molar-refractivity contribution in [3.05, 3.63) is 48.4 Å². The first-order valence-corrected chi connectivity index (χ1v) is 5.63. The van der Waals surface area contributed by atoms with Gasteiger partial charge in [0.2, 0.25) is 0 Å². The van der Waals surface area contributed by atoms with Crippen molar-refractivity contribution in [1.29, 1.82) is 0 Å². The summed E-state index contributed by atoms with van der Waals surface area (Å²) in [5, 5.41) is 21.5. The molecule has 0 atom stereocenters. The number of hydrogen-bond acceptors (Lipinski definition) is 4. The normalized spacial score (nSPS) is 10.7. The minimum atomic E-state index is 0.236. The molecule has 0 aliphatic rings. The van der Waals surface area contributed by atoms with Crippen LogP contribution in [0.25, 0.3) is 10.8 Å². The molecule has 90 valence electrons. The maximum atomic E-state index is 9.54.